The van der Waals surface area contributed by atoms with Crippen LogP contribution in [0.15, 0.2) is 81.6 Å². The van der Waals surface area contributed by atoms with E-state index in [1.807, 2.05) is 53.4 Å². The van der Waals surface area contributed by atoms with Gasteiger partial charge in [-0.25, -0.2) is 0 Å². The fourth-order valence-corrected chi connectivity index (χ4v) is 5.95. The number of hydrogen-bond donors (Lipinski definition) is 2. The molecule has 3 aromatic carbocycles. The number of nitrogens with one attached hydrogen (secondary N) is 2. The van der Waals surface area contributed by atoms with Crippen LogP contribution >= 0.6 is 0 Å². The Morgan fingerprint density at radius 1 is 0.825 bits per heavy atom. The number of rotatable bonds is 8. The first-order valence-corrected chi connectivity index (χ1v) is 13.7. The standard InChI is InChI=1S/C32H33N5O3/c1-5-33-27-16-29-25(14-20(27)3)32(26-15-21(4)28(34-6-2)17-30(26)40-29)24-12-8-7-11-23(24)31(38)37(32)19-36-35-18-22-10-9-13-39-22/h7-17,33-34H,5-6,18-19H2,1-4H3. The summed E-state index contributed by atoms with van der Waals surface area (Å²) in [6.45, 7) is 10.3. The van der Waals surface area contributed by atoms with Crippen LogP contribution in [0.3, 0.4) is 0 Å². The Morgan fingerprint density at radius 2 is 1.48 bits per heavy atom. The molecular weight excluding hydrogens is 502 g/mol. The quantitative estimate of drug-likeness (QED) is 0.232. The minimum atomic E-state index is -0.939. The molecule has 0 atom stereocenters. The zero-order valence-electron chi connectivity index (χ0n) is 23.2. The van der Waals surface area contributed by atoms with Crippen LogP contribution in [0.1, 0.15) is 57.8 Å². The molecule has 1 aromatic heterocycles. The average Bonchev–Trinajstić information content (AvgIpc) is 3.55. The number of hydrogen-bond acceptors (Lipinski definition) is 7. The lowest BCUT2D eigenvalue weighted by molar-refractivity contribution is 0.0668. The molecule has 3 heterocycles. The molecule has 0 aliphatic carbocycles. The van der Waals surface area contributed by atoms with E-state index in [0.717, 1.165) is 58.0 Å². The molecule has 0 saturated carbocycles. The molecule has 0 unspecified atom stereocenters. The van der Waals surface area contributed by atoms with Crippen LogP contribution in [-0.4, -0.2) is 30.6 Å². The zero-order chi connectivity index (χ0) is 27.9. The topological polar surface area (TPSA) is 91.5 Å². The molecule has 1 amide bonds. The van der Waals surface area contributed by atoms with Crippen LogP contribution in [0.2, 0.25) is 0 Å². The molecule has 8 nitrogen and oxygen atoms in total. The molecular formula is C32H33N5O3. The second-order valence-electron chi connectivity index (χ2n) is 10.1. The van der Waals surface area contributed by atoms with Gasteiger partial charge < -0.3 is 19.8 Å². The smallest absolute Gasteiger partial charge is 0.257 e. The third-order valence-corrected chi connectivity index (χ3v) is 7.70. The van der Waals surface area contributed by atoms with Crippen molar-refractivity contribution < 1.29 is 13.9 Å². The number of carbonyl (C=O) groups is 1. The van der Waals surface area contributed by atoms with Gasteiger partial charge >= 0.3 is 0 Å². The summed E-state index contributed by atoms with van der Waals surface area (Å²) in [5.41, 5.74) is 6.60. The van der Waals surface area contributed by atoms with Crippen molar-refractivity contribution in [1.82, 2.24) is 4.90 Å². The van der Waals surface area contributed by atoms with E-state index >= 15 is 0 Å². The minimum Gasteiger partial charge on any atom is -0.467 e. The Labute approximate surface area is 234 Å². The molecule has 8 heteroatoms. The van der Waals surface area contributed by atoms with Crippen LogP contribution in [0.5, 0.6) is 11.5 Å². The van der Waals surface area contributed by atoms with Crippen LogP contribution in [0.25, 0.3) is 0 Å². The number of nitrogens with zero attached hydrogens (tertiary/aromatic N) is 3. The first kappa shape index (κ1) is 25.7. The van der Waals surface area contributed by atoms with Gasteiger partial charge in [0.15, 0.2) is 0 Å². The van der Waals surface area contributed by atoms with Gasteiger partial charge in [0, 0.05) is 53.3 Å². The molecule has 0 fully saturated rings. The van der Waals surface area contributed by atoms with Crippen molar-refractivity contribution in [2.24, 2.45) is 10.2 Å². The van der Waals surface area contributed by atoms with E-state index in [4.69, 9.17) is 9.15 Å². The van der Waals surface area contributed by atoms with Gasteiger partial charge in [0.2, 0.25) is 0 Å². The Kier molecular flexibility index (Phi) is 6.54. The van der Waals surface area contributed by atoms with Crippen molar-refractivity contribution in [3.8, 4) is 11.5 Å². The second kappa shape index (κ2) is 10.2. The van der Waals surface area contributed by atoms with E-state index in [-0.39, 0.29) is 12.6 Å². The van der Waals surface area contributed by atoms with E-state index in [9.17, 15) is 4.79 Å². The summed E-state index contributed by atoms with van der Waals surface area (Å²) in [7, 11) is 0. The zero-order valence-corrected chi connectivity index (χ0v) is 23.2. The van der Waals surface area contributed by atoms with Gasteiger partial charge in [-0.2, -0.15) is 10.2 Å². The number of amides is 1. The van der Waals surface area contributed by atoms with E-state index in [0.29, 0.717) is 23.6 Å². The molecule has 4 aromatic rings. The normalized spacial score (nSPS) is 14.7. The predicted octanol–water partition coefficient (Wildman–Crippen LogP) is 7.22. The summed E-state index contributed by atoms with van der Waals surface area (Å²) in [5.74, 6) is 2.05. The third kappa shape index (κ3) is 3.94. The number of fused-ring (bicyclic) bond motifs is 6. The number of azo groups is 1. The highest BCUT2D eigenvalue weighted by Gasteiger charge is 2.56. The van der Waals surface area contributed by atoms with Crippen molar-refractivity contribution in [2.75, 3.05) is 30.4 Å². The van der Waals surface area contributed by atoms with E-state index < -0.39 is 5.54 Å². The maximum Gasteiger partial charge on any atom is 0.257 e. The molecule has 2 N–H and O–H groups in total. The van der Waals surface area contributed by atoms with Gasteiger partial charge in [0.05, 0.1) is 6.26 Å². The Morgan fingerprint density at radius 3 is 2.08 bits per heavy atom. The maximum absolute atomic E-state index is 14.2. The number of furan rings is 1. The highest BCUT2D eigenvalue weighted by atomic mass is 16.5. The molecule has 0 saturated heterocycles. The lowest BCUT2D eigenvalue weighted by atomic mass is 9.74. The summed E-state index contributed by atoms with van der Waals surface area (Å²) in [5, 5.41) is 15.8. The monoisotopic (exact) mass is 535 g/mol. The van der Waals surface area contributed by atoms with Gasteiger partial charge in [-0.3, -0.25) is 9.69 Å². The Hall–Kier alpha value is -4.59. The molecule has 0 radical (unpaired) electrons. The van der Waals surface area contributed by atoms with Gasteiger partial charge in [-0.1, -0.05) is 18.2 Å². The van der Waals surface area contributed by atoms with Crippen molar-refractivity contribution in [2.45, 2.75) is 39.8 Å². The Bertz CT molecular complexity index is 1550. The second-order valence-corrected chi connectivity index (χ2v) is 10.1. The third-order valence-electron chi connectivity index (χ3n) is 7.70. The highest BCUT2D eigenvalue weighted by molar-refractivity contribution is 6.02. The van der Waals surface area contributed by atoms with Crippen molar-refractivity contribution in [1.29, 1.82) is 0 Å². The SMILES string of the molecule is CCNc1cc2c(cc1C)C1(c3cc(C)c(NCC)cc3O2)c2ccccc2C(=O)N1CN=NCc1ccco1. The van der Waals surface area contributed by atoms with Crippen molar-refractivity contribution >= 4 is 17.3 Å². The maximum atomic E-state index is 14.2. The number of benzene rings is 3. The highest BCUT2D eigenvalue weighted by Crippen LogP contribution is 2.58. The van der Waals surface area contributed by atoms with E-state index in [1.54, 1.807) is 6.26 Å². The van der Waals surface area contributed by atoms with Crippen molar-refractivity contribution in [3.05, 3.63) is 106 Å². The lowest BCUT2D eigenvalue weighted by Crippen LogP contribution is -2.47. The van der Waals surface area contributed by atoms with Crippen molar-refractivity contribution in [3.63, 3.8) is 0 Å². The van der Waals surface area contributed by atoms with Crippen LogP contribution in [0, 0.1) is 13.8 Å². The summed E-state index contributed by atoms with van der Waals surface area (Å²) in [6, 6.07) is 19.9. The van der Waals surface area contributed by atoms with Crippen LogP contribution < -0.4 is 15.4 Å². The summed E-state index contributed by atoms with van der Waals surface area (Å²) < 4.78 is 12.0. The number of ether oxygens (including phenoxy) is 1. The van der Waals surface area contributed by atoms with Crippen LogP contribution in [0.4, 0.5) is 11.4 Å². The fourth-order valence-electron chi connectivity index (χ4n) is 5.95. The summed E-state index contributed by atoms with van der Waals surface area (Å²) in [6.07, 6.45) is 1.62. The number of anilines is 2. The molecule has 2 aliphatic heterocycles. The van der Waals surface area contributed by atoms with E-state index in [2.05, 4.69) is 60.7 Å². The predicted molar refractivity (Wildman–Crippen MR) is 155 cm³/mol. The molecule has 1 spiro atoms. The number of carbonyl (C=O) groups excluding carboxylic acids is 1. The molecule has 0 bridgehead atoms. The van der Waals surface area contributed by atoms with Gasteiger partial charge in [0.25, 0.3) is 5.91 Å². The summed E-state index contributed by atoms with van der Waals surface area (Å²) in [4.78, 5) is 16.0. The first-order chi connectivity index (χ1) is 19.5. The van der Waals surface area contributed by atoms with Gasteiger partial charge in [0.1, 0.15) is 36.0 Å². The molecule has 6 rings (SSSR count). The lowest BCUT2D eigenvalue weighted by Gasteiger charge is -2.44. The van der Waals surface area contributed by atoms with Gasteiger partial charge in [-0.15, -0.1) is 0 Å². The Balaban J connectivity index is 1.59. The first-order valence-electron chi connectivity index (χ1n) is 13.7. The summed E-state index contributed by atoms with van der Waals surface area (Å²) >= 11 is 0. The molecule has 2 aliphatic rings. The minimum absolute atomic E-state index is 0.0785. The van der Waals surface area contributed by atoms with Crippen LogP contribution in [-0.2, 0) is 12.1 Å². The number of aryl methyl sites for hydroxylation is 2. The van der Waals surface area contributed by atoms with E-state index in [1.165, 1.54) is 0 Å². The largest absolute Gasteiger partial charge is 0.467 e. The molecule has 204 valence electrons. The molecule has 40 heavy (non-hydrogen) atoms. The fraction of sp³-hybridized carbons (Fsp3) is 0.281. The van der Waals surface area contributed by atoms with Gasteiger partial charge in [-0.05, 0) is 74.7 Å². The average molecular weight is 536 g/mol.